The number of piperazine rings is 1. The quantitative estimate of drug-likeness (QED) is 0.658. The van der Waals surface area contributed by atoms with Gasteiger partial charge in [-0.1, -0.05) is 0 Å². The van der Waals surface area contributed by atoms with E-state index in [1.165, 1.54) is 0 Å². The molecule has 1 atom stereocenters. The first-order chi connectivity index (χ1) is 12.2. The number of carbonyl (C=O) groups excluding carboxylic acids is 1. The predicted octanol–water partition coefficient (Wildman–Crippen LogP) is 0.859. The van der Waals surface area contributed by atoms with Gasteiger partial charge in [0.15, 0.2) is 0 Å². The molecule has 1 aliphatic heterocycles. The van der Waals surface area contributed by atoms with Crippen LogP contribution in [0, 0.1) is 0 Å². The maximum Gasteiger partial charge on any atom is 0.326 e. The minimum atomic E-state index is -0.152. The zero-order valence-corrected chi connectivity index (χ0v) is 14.0. The Morgan fingerprint density at radius 3 is 3.04 bits per heavy atom. The SMILES string of the molecule is CCn1c(=O)[nH]c2cc(C(=O)N3CCNCC3c3cn[nH]c3)ccc21. The molecule has 1 amide bonds. The van der Waals surface area contributed by atoms with Gasteiger partial charge in [-0.05, 0) is 25.1 Å². The molecule has 1 aromatic carbocycles. The number of carbonyl (C=O) groups is 1. The predicted molar refractivity (Wildman–Crippen MR) is 93.5 cm³/mol. The van der Waals surface area contributed by atoms with Crippen LogP contribution in [0.2, 0.25) is 0 Å². The van der Waals surface area contributed by atoms with Crippen molar-refractivity contribution in [2.45, 2.75) is 19.5 Å². The number of rotatable bonds is 3. The Labute approximate surface area is 143 Å². The zero-order valence-electron chi connectivity index (χ0n) is 14.0. The standard InChI is InChI=1S/C17H20N6O2/c1-2-22-14-4-3-11(7-13(14)21-17(22)25)16(24)23-6-5-18-10-15(23)12-8-19-20-9-12/h3-4,7-9,15,18H,2,5-6,10H2,1H3,(H,19,20)(H,21,25). The largest absolute Gasteiger partial charge is 0.329 e. The monoisotopic (exact) mass is 340 g/mol. The van der Waals surface area contributed by atoms with Crippen molar-refractivity contribution in [3.05, 3.63) is 52.2 Å². The number of fused-ring (bicyclic) bond motifs is 1. The molecule has 1 aliphatic rings. The number of imidazole rings is 1. The average Bonchev–Trinajstić information content (AvgIpc) is 3.27. The van der Waals surface area contributed by atoms with E-state index in [2.05, 4.69) is 20.5 Å². The highest BCUT2D eigenvalue weighted by atomic mass is 16.2. The number of nitrogens with zero attached hydrogens (tertiary/aromatic N) is 3. The first-order valence-electron chi connectivity index (χ1n) is 8.42. The number of hydrogen-bond donors (Lipinski definition) is 3. The van der Waals surface area contributed by atoms with Gasteiger partial charge in [0.05, 0.1) is 23.3 Å². The van der Waals surface area contributed by atoms with Crippen LogP contribution in [-0.2, 0) is 6.54 Å². The minimum absolute atomic E-state index is 0.0419. The molecule has 2 aromatic heterocycles. The lowest BCUT2D eigenvalue weighted by molar-refractivity contribution is 0.0634. The first kappa shape index (κ1) is 15.6. The van der Waals surface area contributed by atoms with Gasteiger partial charge < -0.3 is 15.2 Å². The maximum atomic E-state index is 13.1. The van der Waals surface area contributed by atoms with Crippen molar-refractivity contribution in [2.24, 2.45) is 0 Å². The van der Waals surface area contributed by atoms with E-state index in [-0.39, 0.29) is 17.6 Å². The van der Waals surface area contributed by atoms with Gasteiger partial charge in [0.25, 0.3) is 5.91 Å². The topological polar surface area (TPSA) is 98.8 Å². The Morgan fingerprint density at radius 1 is 1.40 bits per heavy atom. The second-order valence-electron chi connectivity index (χ2n) is 6.16. The Morgan fingerprint density at radius 2 is 2.28 bits per heavy atom. The first-order valence-corrected chi connectivity index (χ1v) is 8.42. The van der Waals surface area contributed by atoms with Crippen molar-refractivity contribution in [1.82, 2.24) is 30.0 Å². The maximum absolute atomic E-state index is 13.1. The smallest absolute Gasteiger partial charge is 0.326 e. The Hall–Kier alpha value is -2.87. The van der Waals surface area contributed by atoms with E-state index in [4.69, 9.17) is 0 Å². The normalized spacial score (nSPS) is 18.0. The fourth-order valence-electron chi connectivity index (χ4n) is 3.46. The fraction of sp³-hybridized carbons (Fsp3) is 0.353. The molecule has 1 fully saturated rings. The third-order valence-corrected chi connectivity index (χ3v) is 4.75. The van der Waals surface area contributed by atoms with Gasteiger partial charge in [-0.25, -0.2) is 4.79 Å². The Balaban J connectivity index is 1.69. The lowest BCUT2D eigenvalue weighted by Crippen LogP contribution is -2.48. The third-order valence-electron chi connectivity index (χ3n) is 4.75. The molecule has 3 N–H and O–H groups in total. The molecule has 0 saturated carbocycles. The minimum Gasteiger partial charge on any atom is -0.329 e. The molecule has 8 heteroatoms. The highest BCUT2D eigenvalue weighted by molar-refractivity contribution is 5.97. The van der Waals surface area contributed by atoms with Crippen molar-refractivity contribution in [2.75, 3.05) is 19.6 Å². The number of hydrogen-bond acceptors (Lipinski definition) is 4. The lowest BCUT2D eigenvalue weighted by Gasteiger charge is -2.35. The van der Waals surface area contributed by atoms with Crippen LogP contribution >= 0.6 is 0 Å². The van der Waals surface area contributed by atoms with E-state index < -0.39 is 0 Å². The molecule has 0 aliphatic carbocycles. The molecule has 3 heterocycles. The number of aromatic amines is 2. The summed E-state index contributed by atoms with van der Waals surface area (Å²) in [5, 5.41) is 10.1. The molecule has 4 rings (SSSR count). The second kappa shape index (κ2) is 6.21. The molecule has 1 unspecified atom stereocenters. The van der Waals surface area contributed by atoms with Crippen LogP contribution < -0.4 is 11.0 Å². The van der Waals surface area contributed by atoms with Crippen molar-refractivity contribution >= 4 is 16.9 Å². The van der Waals surface area contributed by atoms with Gasteiger partial charge in [0.2, 0.25) is 0 Å². The van der Waals surface area contributed by atoms with E-state index in [0.717, 1.165) is 17.6 Å². The highest BCUT2D eigenvalue weighted by Crippen LogP contribution is 2.24. The van der Waals surface area contributed by atoms with Crippen LogP contribution in [0.4, 0.5) is 0 Å². The summed E-state index contributed by atoms with van der Waals surface area (Å²) in [6.45, 7) is 4.58. The van der Waals surface area contributed by atoms with E-state index >= 15 is 0 Å². The molecule has 130 valence electrons. The van der Waals surface area contributed by atoms with Crippen LogP contribution in [0.3, 0.4) is 0 Å². The van der Waals surface area contributed by atoms with Crippen molar-refractivity contribution in [3.63, 3.8) is 0 Å². The third kappa shape index (κ3) is 2.64. The summed E-state index contributed by atoms with van der Waals surface area (Å²) >= 11 is 0. The zero-order chi connectivity index (χ0) is 17.4. The van der Waals surface area contributed by atoms with E-state index in [9.17, 15) is 9.59 Å². The summed E-state index contributed by atoms with van der Waals surface area (Å²) < 4.78 is 1.66. The molecule has 8 nitrogen and oxygen atoms in total. The number of aryl methyl sites for hydroxylation is 1. The highest BCUT2D eigenvalue weighted by Gasteiger charge is 2.29. The molecule has 0 bridgehead atoms. The van der Waals surface area contributed by atoms with Gasteiger partial charge in [0, 0.05) is 43.5 Å². The fourth-order valence-corrected chi connectivity index (χ4v) is 3.46. The number of nitrogens with one attached hydrogen (secondary N) is 3. The van der Waals surface area contributed by atoms with E-state index in [0.29, 0.717) is 30.7 Å². The molecule has 0 radical (unpaired) electrons. The summed E-state index contributed by atoms with van der Waals surface area (Å²) in [6, 6.07) is 5.33. The van der Waals surface area contributed by atoms with E-state index in [1.807, 2.05) is 24.1 Å². The van der Waals surface area contributed by atoms with Gasteiger partial charge in [-0.3, -0.25) is 14.5 Å². The number of H-pyrrole nitrogens is 2. The molecule has 25 heavy (non-hydrogen) atoms. The molecule has 1 saturated heterocycles. The Bertz CT molecular complexity index is 955. The lowest BCUT2D eigenvalue weighted by atomic mass is 10.0. The molecule has 3 aromatic rings. The van der Waals surface area contributed by atoms with Crippen molar-refractivity contribution in [3.8, 4) is 0 Å². The van der Waals surface area contributed by atoms with Gasteiger partial charge in [-0.2, -0.15) is 5.10 Å². The summed E-state index contributed by atoms with van der Waals surface area (Å²) in [6.07, 6.45) is 3.57. The molecular weight excluding hydrogens is 320 g/mol. The number of amides is 1. The number of aromatic nitrogens is 4. The van der Waals surface area contributed by atoms with Crippen LogP contribution in [0.1, 0.15) is 28.9 Å². The average molecular weight is 340 g/mol. The van der Waals surface area contributed by atoms with Crippen molar-refractivity contribution in [1.29, 1.82) is 0 Å². The van der Waals surface area contributed by atoms with E-state index in [1.54, 1.807) is 22.9 Å². The summed E-state index contributed by atoms with van der Waals surface area (Å²) in [5.74, 6) is -0.0419. The Kier molecular flexibility index (Phi) is 3.89. The van der Waals surface area contributed by atoms with Gasteiger partial charge in [-0.15, -0.1) is 0 Å². The van der Waals surface area contributed by atoms with Crippen molar-refractivity contribution < 1.29 is 4.79 Å². The van der Waals surface area contributed by atoms with Gasteiger partial charge >= 0.3 is 5.69 Å². The summed E-state index contributed by atoms with van der Waals surface area (Å²) in [7, 11) is 0. The summed E-state index contributed by atoms with van der Waals surface area (Å²) in [4.78, 5) is 29.7. The second-order valence-corrected chi connectivity index (χ2v) is 6.16. The van der Waals surface area contributed by atoms with Gasteiger partial charge in [0.1, 0.15) is 0 Å². The van der Waals surface area contributed by atoms with Crippen LogP contribution in [0.25, 0.3) is 11.0 Å². The van der Waals surface area contributed by atoms with Crippen LogP contribution in [0.15, 0.2) is 35.4 Å². The number of benzene rings is 1. The molecular formula is C17H20N6O2. The van der Waals surface area contributed by atoms with Crippen LogP contribution in [-0.4, -0.2) is 50.2 Å². The van der Waals surface area contributed by atoms with Crippen LogP contribution in [0.5, 0.6) is 0 Å². The molecule has 0 spiro atoms. The summed E-state index contributed by atoms with van der Waals surface area (Å²) in [5.41, 5.74) is 2.91.